The second-order valence-electron chi connectivity index (χ2n) is 6.33. The Morgan fingerprint density at radius 1 is 1.30 bits per heavy atom. The average molecular weight is 405 g/mol. The molecule has 0 aliphatic rings. The van der Waals surface area contributed by atoms with Crippen molar-refractivity contribution in [3.05, 3.63) is 33.4 Å². The maximum atomic E-state index is 11.7. The van der Waals surface area contributed by atoms with Crippen molar-refractivity contribution in [3.8, 4) is 0 Å². The molecule has 0 fully saturated rings. The summed E-state index contributed by atoms with van der Waals surface area (Å²) in [6.07, 6.45) is 0.998. The van der Waals surface area contributed by atoms with Crippen molar-refractivity contribution in [2.24, 2.45) is 5.73 Å². The number of nitrogens with two attached hydrogens (primary N) is 1. The van der Waals surface area contributed by atoms with Crippen LogP contribution in [-0.4, -0.2) is 26.7 Å². The molecule has 0 unspecified atom stereocenters. The molecular weight excluding hydrogens is 381 g/mol. The summed E-state index contributed by atoms with van der Waals surface area (Å²) in [6, 6.07) is 9.04. The minimum absolute atomic E-state index is 0.172. The maximum Gasteiger partial charge on any atom is 0.307 e. The van der Waals surface area contributed by atoms with Gasteiger partial charge in [-0.3, -0.25) is 4.79 Å². The summed E-state index contributed by atoms with van der Waals surface area (Å²) in [7, 11) is -1.14. The largest absolute Gasteiger partial charge is 0.466 e. The fraction of sp³-hybridized carbons (Fsp3) is 0.533. The van der Waals surface area contributed by atoms with Gasteiger partial charge < -0.3 is 10.5 Å². The zero-order valence-corrected chi connectivity index (χ0v) is 15.6. The van der Waals surface area contributed by atoms with Crippen LogP contribution >= 0.6 is 22.6 Å². The SMILES string of the molecule is C[Si](C)(C)CCOC(=O)C[C@@H](N)Cc1ccc(I)cc1. The summed E-state index contributed by atoms with van der Waals surface area (Å²) in [4.78, 5) is 11.7. The van der Waals surface area contributed by atoms with Crippen LogP contribution in [0.15, 0.2) is 24.3 Å². The first kappa shape index (κ1) is 17.6. The number of ether oxygens (including phenoxy) is 1. The maximum absolute atomic E-state index is 11.7. The second kappa shape index (κ2) is 8.14. The number of hydrogen-bond acceptors (Lipinski definition) is 3. The van der Waals surface area contributed by atoms with Crippen LogP contribution in [0.25, 0.3) is 0 Å². The van der Waals surface area contributed by atoms with E-state index in [-0.39, 0.29) is 18.4 Å². The molecule has 1 atom stereocenters. The van der Waals surface area contributed by atoms with Gasteiger partial charge in [-0.25, -0.2) is 0 Å². The third-order valence-electron chi connectivity index (χ3n) is 2.96. The quantitative estimate of drug-likeness (QED) is 0.430. The van der Waals surface area contributed by atoms with Crippen LogP contribution in [0, 0.1) is 3.57 Å². The Kier molecular flexibility index (Phi) is 7.18. The molecule has 112 valence electrons. The molecule has 0 radical (unpaired) electrons. The Labute approximate surface area is 136 Å². The number of rotatable bonds is 7. The van der Waals surface area contributed by atoms with Crippen LogP contribution in [0.3, 0.4) is 0 Å². The summed E-state index contributed by atoms with van der Waals surface area (Å²) in [5, 5.41) is 0. The zero-order chi connectivity index (χ0) is 15.2. The molecule has 0 aromatic heterocycles. The van der Waals surface area contributed by atoms with Gasteiger partial charge in [0.25, 0.3) is 0 Å². The standard InChI is InChI=1S/C15H24INO2Si/c1-20(2,3)9-8-19-15(18)11-14(17)10-12-4-6-13(16)7-5-12/h4-7,14H,8-11,17H2,1-3H3/t14-/m0/s1. The number of halogens is 1. The number of benzene rings is 1. The lowest BCUT2D eigenvalue weighted by molar-refractivity contribution is -0.143. The van der Waals surface area contributed by atoms with E-state index in [1.54, 1.807) is 0 Å². The predicted molar refractivity (Wildman–Crippen MR) is 94.6 cm³/mol. The highest BCUT2D eigenvalue weighted by Crippen LogP contribution is 2.11. The summed E-state index contributed by atoms with van der Waals surface area (Å²) in [6.45, 7) is 7.33. The average Bonchev–Trinajstić information content (AvgIpc) is 2.30. The van der Waals surface area contributed by atoms with E-state index >= 15 is 0 Å². The van der Waals surface area contributed by atoms with Crippen LogP contribution in [0.2, 0.25) is 25.7 Å². The van der Waals surface area contributed by atoms with Crippen LogP contribution in [0.5, 0.6) is 0 Å². The van der Waals surface area contributed by atoms with Gasteiger partial charge in [0.1, 0.15) is 0 Å². The van der Waals surface area contributed by atoms with E-state index in [1.807, 2.05) is 0 Å². The van der Waals surface area contributed by atoms with Crippen LogP contribution in [-0.2, 0) is 16.0 Å². The first-order valence-electron chi connectivity index (χ1n) is 6.92. The molecule has 0 bridgehead atoms. The molecule has 5 heteroatoms. The first-order chi connectivity index (χ1) is 9.26. The molecule has 0 aliphatic heterocycles. The lowest BCUT2D eigenvalue weighted by atomic mass is 10.0. The van der Waals surface area contributed by atoms with Gasteiger partial charge in [-0.05, 0) is 52.8 Å². The third-order valence-corrected chi connectivity index (χ3v) is 5.38. The van der Waals surface area contributed by atoms with Crippen molar-refractivity contribution in [2.75, 3.05) is 6.61 Å². The topological polar surface area (TPSA) is 52.3 Å². The number of esters is 1. The Hall–Kier alpha value is -0.403. The molecule has 3 nitrogen and oxygen atoms in total. The Morgan fingerprint density at radius 2 is 1.90 bits per heavy atom. The van der Waals surface area contributed by atoms with Crippen molar-refractivity contribution < 1.29 is 9.53 Å². The number of hydrogen-bond donors (Lipinski definition) is 1. The highest BCUT2D eigenvalue weighted by molar-refractivity contribution is 14.1. The predicted octanol–water partition coefficient (Wildman–Crippen LogP) is 3.43. The lowest BCUT2D eigenvalue weighted by Crippen LogP contribution is -2.28. The van der Waals surface area contributed by atoms with Crippen molar-refractivity contribution in [2.45, 2.75) is 44.6 Å². The smallest absolute Gasteiger partial charge is 0.307 e. The first-order valence-corrected chi connectivity index (χ1v) is 11.7. The van der Waals surface area contributed by atoms with Gasteiger partial charge in [0.15, 0.2) is 0 Å². The summed E-state index contributed by atoms with van der Waals surface area (Å²) < 4.78 is 6.46. The van der Waals surface area contributed by atoms with E-state index in [0.29, 0.717) is 13.0 Å². The van der Waals surface area contributed by atoms with Gasteiger partial charge in [-0.1, -0.05) is 31.8 Å². The second-order valence-corrected chi connectivity index (χ2v) is 13.2. The Bertz CT molecular complexity index is 428. The van der Waals surface area contributed by atoms with Gasteiger partial charge in [-0.2, -0.15) is 0 Å². The fourth-order valence-electron chi connectivity index (χ4n) is 1.74. The summed E-state index contributed by atoms with van der Waals surface area (Å²) in [5.41, 5.74) is 7.17. The van der Waals surface area contributed by atoms with Gasteiger partial charge in [-0.15, -0.1) is 0 Å². The number of carbonyl (C=O) groups is 1. The summed E-state index contributed by atoms with van der Waals surface area (Å²) in [5.74, 6) is -0.179. The van der Waals surface area contributed by atoms with E-state index < -0.39 is 8.07 Å². The monoisotopic (exact) mass is 405 g/mol. The molecule has 1 aromatic rings. The molecule has 0 heterocycles. The fourth-order valence-corrected chi connectivity index (χ4v) is 2.81. The molecule has 0 spiro atoms. The van der Waals surface area contributed by atoms with E-state index in [9.17, 15) is 4.79 Å². The minimum atomic E-state index is -1.14. The normalized spacial score (nSPS) is 13.1. The molecule has 20 heavy (non-hydrogen) atoms. The third kappa shape index (κ3) is 8.01. The van der Waals surface area contributed by atoms with Crippen molar-refractivity contribution in [1.82, 2.24) is 0 Å². The molecule has 0 amide bonds. The van der Waals surface area contributed by atoms with E-state index in [4.69, 9.17) is 10.5 Å². The van der Waals surface area contributed by atoms with Crippen LogP contribution in [0.4, 0.5) is 0 Å². The Balaban J connectivity index is 2.29. The van der Waals surface area contributed by atoms with Crippen molar-refractivity contribution in [3.63, 3.8) is 0 Å². The Morgan fingerprint density at radius 3 is 2.45 bits per heavy atom. The van der Waals surface area contributed by atoms with E-state index in [0.717, 1.165) is 11.6 Å². The van der Waals surface area contributed by atoms with Gasteiger partial charge in [0.05, 0.1) is 13.0 Å². The van der Waals surface area contributed by atoms with Gasteiger partial charge in [0.2, 0.25) is 0 Å². The molecular formula is C15H24INO2Si. The highest BCUT2D eigenvalue weighted by atomic mass is 127. The van der Waals surface area contributed by atoms with Gasteiger partial charge in [0, 0.05) is 17.7 Å². The highest BCUT2D eigenvalue weighted by Gasteiger charge is 2.15. The van der Waals surface area contributed by atoms with E-state index in [2.05, 4.69) is 66.5 Å². The molecule has 2 N–H and O–H groups in total. The van der Waals surface area contributed by atoms with E-state index in [1.165, 1.54) is 3.57 Å². The molecule has 0 aliphatic carbocycles. The molecule has 1 aromatic carbocycles. The minimum Gasteiger partial charge on any atom is -0.466 e. The van der Waals surface area contributed by atoms with Crippen LogP contribution < -0.4 is 5.73 Å². The molecule has 0 saturated carbocycles. The van der Waals surface area contributed by atoms with Crippen molar-refractivity contribution in [1.29, 1.82) is 0 Å². The lowest BCUT2D eigenvalue weighted by Gasteiger charge is -2.16. The molecule has 0 saturated heterocycles. The van der Waals surface area contributed by atoms with Crippen LogP contribution in [0.1, 0.15) is 12.0 Å². The molecule has 1 rings (SSSR count). The number of carbonyl (C=O) groups excluding carboxylic acids is 1. The van der Waals surface area contributed by atoms with Gasteiger partial charge >= 0.3 is 5.97 Å². The zero-order valence-electron chi connectivity index (χ0n) is 12.5. The summed E-state index contributed by atoms with van der Waals surface area (Å²) >= 11 is 2.27. The van der Waals surface area contributed by atoms with Crippen molar-refractivity contribution >= 4 is 36.6 Å².